The number of carbonyl (C=O) groups is 3. The van der Waals surface area contributed by atoms with Gasteiger partial charge >= 0.3 is 0 Å². The van der Waals surface area contributed by atoms with Gasteiger partial charge in [0.15, 0.2) is 11.6 Å². The minimum Gasteiger partial charge on any atom is -0.487 e. The van der Waals surface area contributed by atoms with E-state index < -0.39 is 11.9 Å². The molecular weight excluding hydrogens is 497 g/mol. The highest BCUT2D eigenvalue weighted by Gasteiger charge is 2.35. The quantitative estimate of drug-likeness (QED) is 0.526. The van der Waals surface area contributed by atoms with E-state index in [9.17, 15) is 9.18 Å². The van der Waals surface area contributed by atoms with Crippen LogP contribution in [0.3, 0.4) is 0 Å². The molecule has 0 aliphatic carbocycles. The van der Waals surface area contributed by atoms with Crippen LogP contribution in [0.4, 0.5) is 4.39 Å². The molecular formula is C27H42FN3O7. The molecule has 10 nitrogen and oxygen atoms in total. The normalized spacial score (nSPS) is 23.1. The van der Waals surface area contributed by atoms with Gasteiger partial charge < -0.3 is 30.3 Å². The lowest BCUT2D eigenvalue weighted by Gasteiger charge is -2.37. The first-order valence-electron chi connectivity index (χ1n) is 13.2. The van der Waals surface area contributed by atoms with E-state index >= 15 is 0 Å². The molecule has 3 fully saturated rings. The first-order valence-corrected chi connectivity index (χ1v) is 13.2. The van der Waals surface area contributed by atoms with Crippen LogP contribution < -0.4 is 10.5 Å². The van der Waals surface area contributed by atoms with Crippen molar-refractivity contribution in [3.8, 4) is 5.75 Å². The Balaban J connectivity index is 0.000000559. The minimum atomic E-state index is -0.833. The number of likely N-dealkylation sites (tertiary alicyclic amines) is 2. The topological polar surface area (TPSA) is 143 Å². The molecule has 11 heteroatoms. The van der Waals surface area contributed by atoms with Gasteiger partial charge in [0.05, 0.1) is 5.92 Å². The summed E-state index contributed by atoms with van der Waals surface area (Å²) in [6, 6.07) is 7.11. The smallest absolute Gasteiger partial charge is 0.300 e. The summed E-state index contributed by atoms with van der Waals surface area (Å²) in [6.45, 7) is 6.75. The second-order valence-corrected chi connectivity index (χ2v) is 9.94. The van der Waals surface area contributed by atoms with Gasteiger partial charge in [0.1, 0.15) is 6.10 Å². The standard InChI is InChI=1S/C23H34FN3O3.2C2H4O2/c24-21-3-1-2-4-22(21)30-20-7-11-26(12-8-20)23(28)17-5-6-18(25)16-27(15-17)19-9-13-29-14-10-19;2*1-2(3)4/h1-4,17-20H,5-16,25H2;2*1H3,(H,3,4)/t17-,18+;;/m1../s1. The van der Waals surface area contributed by atoms with E-state index in [0.717, 1.165) is 78.7 Å². The molecule has 3 aliphatic heterocycles. The summed E-state index contributed by atoms with van der Waals surface area (Å²) in [6.07, 6.45) is 5.20. The lowest BCUT2D eigenvalue weighted by atomic mass is 9.98. The van der Waals surface area contributed by atoms with Crippen LogP contribution in [-0.2, 0) is 19.1 Å². The third-order valence-electron chi connectivity index (χ3n) is 6.75. The number of rotatable bonds is 4. The highest BCUT2D eigenvalue weighted by molar-refractivity contribution is 5.79. The Morgan fingerprint density at radius 2 is 1.53 bits per heavy atom. The van der Waals surface area contributed by atoms with Crippen LogP contribution in [0.1, 0.15) is 52.4 Å². The zero-order valence-electron chi connectivity index (χ0n) is 22.4. The molecule has 3 saturated heterocycles. The molecule has 1 aromatic carbocycles. The summed E-state index contributed by atoms with van der Waals surface area (Å²) in [5, 5.41) is 14.8. The molecule has 38 heavy (non-hydrogen) atoms. The van der Waals surface area contributed by atoms with E-state index in [1.807, 2.05) is 4.90 Å². The number of piperidine rings is 1. The molecule has 4 N–H and O–H groups in total. The number of nitrogens with zero attached hydrogens (tertiary/aromatic N) is 2. The summed E-state index contributed by atoms with van der Waals surface area (Å²) >= 11 is 0. The lowest BCUT2D eigenvalue weighted by molar-refractivity contribution is -0.138. The minimum absolute atomic E-state index is 0.00503. The van der Waals surface area contributed by atoms with Crippen LogP contribution in [0, 0.1) is 11.7 Å². The fraction of sp³-hybridized carbons (Fsp3) is 0.667. The highest BCUT2D eigenvalue weighted by Crippen LogP contribution is 2.26. The van der Waals surface area contributed by atoms with Gasteiger partial charge in [0, 0.05) is 78.2 Å². The van der Waals surface area contributed by atoms with Crippen molar-refractivity contribution in [2.45, 2.75) is 70.6 Å². The zero-order valence-corrected chi connectivity index (χ0v) is 22.4. The number of benzene rings is 1. The van der Waals surface area contributed by atoms with Crippen LogP contribution in [0.5, 0.6) is 5.75 Å². The van der Waals surface area contributed by atoms with Crippen LogP contribution in [0.2, 0.25) is 0 Å². The first-order chi connectivity index (χ1) is 18.1. The molecule has 0 unspecified atom stereocenters. The molecule has 0 saturated carbocycles. The fourth-order valence-corrected chi connectivity index (χ4v) is 4.98. The number of ether oxygens (including phenoxy) is 2. The number of carboxylic acid groups (broad SMARTS) is 2. The predicted octanol–water partition coefficient (Wildman–Crippen LogP) is 2.60. The molecule has 3 heterocycles. The largest absolute Gasteiger partial charge is 0.487 e. The maximum absolute atomic E-state index is 13.8. The predicted molar refractivity (Wildman–Crippen MR) is 139 cm³/mol. The highest BCUT2D eigenvalue weighted by atomic mass is 19.1. The second kappa shape index (κ2) is 16.3. The van der Waals surface area contributed by atoms with Gasteiger partial charge in [-0.25, -0.2) is 4.39 Å². The van der Waals surface area contributed by atoms with E-state index in [1.165, 1.54) is 6.07 Å². The molecule has 0 aromatic heterocycles. The Bertz CT molecular complexity index is 869. The summed E-state index contributed by atoms with van der Waals surface area (Å²) < 4.78 is 25.2. The van der Waals surface area contributed by atoms with Crippen LogP contribution >= 0.6 is 0 Å². The van der Waals surface area contributed by atoms with Crippen molar-refractivity contribution in [2.24, 2.45) is 11.7 Å². The molecule has 2 atom stereocenters. The molecule has 4 rings (SSSR count). The van der Waals surface area contributed by atoms with E-state index in [-0.39, 0.29) is 29.8 Å². The van der Waals surface area contributed by atoms with Crippen molar-refractivity contribution < 1.29 is 38.5 Å². The Kier molecular flexibility index (Phi) is 13.5. The van der Waals surface area contributed by atoms with Crippen LogP contribution in [-0.4, -0.2) is 95.4 Å². The number of carboxylic acids is 2. The van der Waals surface area contributed by atoms with Crippen molar-refractivity contribution >= 4 is 17.8 Å². The van der Waals surface area contributed by atoms with Crippen molar-refractivity contribution in [2.75, 3.05) is 39.4 Å². The Labute approximate surface area is 223 Å². The number of amides is 1. The number of halogens is 1. The SMILES string of the molecule is CC(=O)O.CC(=O)O.N[C@H]1CC[C@@H](C(=O)N2CCC(Oc3ccccc3F)CC2)CN(C2CCOCC2)C1. The Morgan fingerprint density at radius 3 is 2.11 bits per heavy atom. The van der Waals surface area contributed by atoms with Gasteiger partial charge in [0.25, 0.3) is 11.9 Å². The van der Waals surface area contributed by atoms with Gasteiger partial charge in [-0.05, 0) is 37.8 Å². The van der Waals surface area contributed by atoms with E-state index in [1.54, 1.807) is 18.2 Å². The van der Waals surface area contributed by atoms with Gasteiger partial charge in [0.2, 0.25) is 5.91 Å². The molecule has 3 aliphatic rings. The number of para-hydroxylation sites is 1. The van der Waals surface area contributed by atoms with Crippen LogP contribution in [0.15, 0.2) is 24.3 Å². The summed E-state index contributed by atoms with van der Waals surface area (Å²) in [5.74, 6) is -1.46. The van der Waals surface area contributed by atoms with Crippen molar-refractivity contribution in [3.63, 3.8) is 0 Å². The van der Waals surface area contributed by atoms with Gasteiger partial charge in [-0.1, -0.05) is 12.1 Å². The molecule has 214 valence electrons. The Morgan fingerprint density at radius 1 is 0.947 bits per heavy atom. The summed E-state index contributed by atoms with van der Waals surface area (Å²) in [4.78, 5) is 35.7. The third kappa shape index (κ3) is 11.3. The molecule has 0 bridgehead atoms. The molecule has 1 aromatic rings. The van der Waals surface area contributed by atoms with Crippen molar-refractivity contribution in [3.05, 3.63) is 30.1 Å². The van der Waals surface area contributed by atoms with Gasteiger partial charge in [-0.15, -0.1) is 0 Å². The maximum atomic E-state index is 13.8. The van der Waals surface area contributed by atoms with Crippen molar-refractivity contribution in [1.82, 2.24) is 9.80 Å². The second-order valence-electron chi connectivity index (χ2n) is 9.94. The van der Waals surface area contributed by atoms with Crippen LogP contribution in [0.25, 0.3) is 0 Å². The first kappa shape index (κ1) is 31.5. The van der Waals surface area contributed by atoms with Gasteiger partial charge in [-0.3, -0.25) is 19.3 Å². The number of hydrogen-bond donors (Lipinski definition) is 3. The maximum Gasteiger partial charge on any atom is 0.300 e. The van der Waals surface area contributed by atoms with Gasteiger partial charge in [-0.2, -0.15) is 0 Å². The zero-order chi connectivity index (χ0) is 28.1. The molecule has 0 spiro atoms. The number of hydrogen-bond acceptors (Lipinski definition) is 7. The summed E-state index contributed by atoms with van der Waals surface area (Å²) in [5.41, 5.74) is 6.33. The molecule has 1 amide bonds. The Hall–Kier alpha value is -2.76. The van der Waals surface area contributed by atoms with Crippen molar-refractivity contribution in [1.29, 1.82) is 0 Å². The number of aliphatic carboxylic acids is 2. The lowest BCUT2D eigenvalue weighted by Crippen LogP contribution is -2.49. The average Bonchev–Trinajstić information content (AvgIpc) is 3.07. The number of carbonyl (C=O) groups excluding carboxylic acids is 1. The summed E-state index contributed by atoms with van der Waals surface area (Å²) in [7, 11) is 0. The molecule has 0 radical (unpaired) electrons. The van der Waals surface area contributed by atoms with E-state index in [0.29, 0.717) is 24.9 Å². The fourth-order valence-electron chi connectivity index (χ4n) is 4.98. The third-order valence-corrected chi connectivity index (χ3v) is 6.75. The number of nitrogens with two attached hydrogens (primary N) is 1. The van der Waals surface area contributed by atoms with E-state index in [4.69, 9.17) is 35.0 Å². The monoisotopic (exact) mass is 539 g/mol. The average molecular weight is 540 g/mol. The van der Waals surface area contributed by atoms with E-state index in [2.05, 4.69) is 4.90 Å².